The molecular weight excluding hydrogens is 192 g/mol. The molecule has 3 aliphatic rings. The van der Waals surface area contributed by atoms with E-state index in [1.807, 2.05) is 11.1 Å². The predicted molar refractivity (Wildman–Crippen MR) is 69.4 cm³/mol. The normalized spacial score (nSPS) is 31.0. The second-order valence-electron chi connectivity index (χ2n) is 5.81. The van der Waals surface area contributed by atoms with Gasteiger partial charge in [0.2, 0.25) is 0 Å². The number of hydrogen-bond donors (Lipinski definition) is 0. The average Bonchev–Trinajstić information content (AvgIpc) is 2.59. The van der Waals surface area contributed by atoms with E-state index in [2.05, 4.69) is 6.08 Å². The van der Waals surface area contributed by atoms with E-state index in [4.69, 9.17) is 0 Å². The highest BCUT2D eigenvalue weighted by atomic mass is 14.3. The highest BCUT2D eigenvalue weighted by molar-refractivity contribution is 5.40. The summed E-state index contributed by atoms with van der Waals surface area (Å²) in [6, 6.07) is 0. The lowest BCUT2D eigenvalue weighted by atomic mass is 9.74. The molecular formula is C16H24. The molecule has 0 heterocycles. The van der Waals surface area contributed by atoms with Gasteiger partial charge >= 0.3 is 0 Å². The Hall–Kier alpha value is -0.520. The molecule has 0 N–H and O–H groups in total. The molecule has 3 rings (SSSR count). The molecule has 0 aromatic rings. The minimum Gasteiger partial charge on any atom is -0.0810 e. The second-order valence-corrected chi connectivity index (χ2v) is 5.81. The van der Waals surface area contributed by atoms with Crippen LogP contribution in [0.5, 0.6) is 0 Å². The molecule has 0 spiro atoms. The molecule has 0 nitrogen and oxygen atoms in total. The molecule has 0 aliphatic heterocycles. The van der Waals surface area contributed by atoms with Gasteiger partial charge in [-0.2, -0.15) is 0 Å². The maximum atomic E-state index is 2.58. The lowest BCUT2D eigenvalue weighted by Gasteiger charge is -2.32. The summed E-state index contributed by atoms with van der Waals surface area (Å²) in [4.78, 5) is 0. The van der Waals surface area contributed by atoms with E-state index in [0.717, 1.165) is 5.92 Å². The van der Waals surface area contributed by atoms with E-state index in [1.165, 1.54) is 70.6 Å². The van der Waals surface area contributed by atoms with Crippen molar-refractivity contribution in [1.29, 1.82) is 0 Å². The standard InChI is InChI=1S/C16H24/c1-2-4-8-13(7-3-1)15-10-6-5-9-14-11-12-16(14)15/h7,14H,1-6,8-12H2. The summed E-state index contributed by atoms with van der Waals surface area (Å²) in [6.45, 7) is 0. The van der Waals surface area contributed by atoms with E-state index in [1.54, 1.807) is 5.57 Å². The number of rotatable bonds is 1. The van der Waals surface area contributed by atoms with E-state index in [9.17, 15) is 0 Å². The quantitative estimate of drug-likeness (QED) is 0.568. The lowest BCUT2D eigenvalue weighted by molar-refractivity contribution is 0.408. The van der Waals surface area contributed by atoms with Crippen molar-refractivity contribution in [2.24, 2.45) is 5.92 Å². The number of hydrogen-bond acceptors (Lipinski definition) is 0. The highest BCUT2D eigenvalue weighted by Crippen LogP contribution is 2.45. The first kappa shape index (κ1) is 10.6. The minimum atomic E-state index is 1.00. The SMILES string of the molecule is C1=C(C2=C3CCC3CCCC2)CCCCC1. The number of allylic oxidation sites excluding steroid dienone is 4. The van der Waals surface area contributed by atoms with E-state index < -0.39 is 0 Å². The van der Waals surface area contributed by atoms with Crippen LogP contribution < -0.4 is 0 Å². The molecule has 88 valence electrons. The molecule has 0 amide bonds. The molecule has 0 bridgehead atoms. The molecule has 1 fully saturated rings. The van der Waals surface area contributed by atoms with Crippen molar-refractivity contribution in [1.82, 2.24) is 0 Å². The molecule has 1 unspecified atom stereocenters. The summed E-state index contributed by atoms with van der Waals surface area (Å²) in [5.74, 6) is 1.00. The summed E-state index contributed by atoms with van der Waals surface area (Å²) >= 11 is 0. The maximum absolute atomic E-state index is 2.58. The fraction of sp³-hybridized carbons (Fsp3) is 0.750. The maximum Gasteiger partial charge on any atom is -0.0194 e. The van der Waals surface area contributed by atoms with Crippen molar-refractivity contribution in [2.75, 3.05) is 0 Å². The summed E-state index contributed by atoms with van der Waals surface area (Å²) in [6.07, 6.45) is 18.4. The summed E-state index contributed by atoms with van der Waals surface area (Å²) in [5.41, 5.74) is 5.47. The summed E-state index contributed by atoms with van der Waals surface area (Å²) in [5, 5.41) is 0. The molecule has 1 saturated carbocycles. The van der Waals surface area contributed by atoms with Gasteiger partial charge in [0.15, 0.2) is 0 Å². The second kappa shape index (κ2) is 4.77. The van der Waals surface area contributed by atoms with Crippen LogP contribution in [0.2, 0.25) is 0 Å². The zero-order valence-corrected chi connectivity index (χ0v) is 10.4. The smallest absolute Gasteiger partial charge is 0.0194 e. The van der Waals surface area contributed by atoms with Crippen LogP contribution in [0.3, 0.4) is 0 Å². The third kappa shape index (κ3) is 1.99. The molecule has 0 radical (unpaired) electrons. The van der Waals surface area contributed by atoms with Gasteiger partial charge in [0.1, 0.15) is 0 Å². The van der Waals surface area contributed by atoms with Crippen molar-refractivity contribution < 1.29 is 0 Å². The zero-order chi connectivity index (χ0) is 10.8. The Morgan fingerprint density at radius 2 is 1.75 bits per heavy atom. The fourth-order valence-electron chi connectivity index (χ4n) is 3.72. The molecule has 16 heavy (non-hydrogen) atoms. The van der Waals surface area contributed by atoms with Crippen LogP contribution in [-0.2, 0) is 0 Å². The summed E-state index contributed by atoms with van der Waals surface area (Å²) in [7, 11) is 0. The van der Waals surface area contributed by atoms with Crippen molar-refractivity contribution in [2.45, 2.75) is 70.6 Å². The minimum absolute atomic E-state index is 1.00. The van der Waals surface area contributed by atoms with E-state index in [0.29, 0.717) is 0 Å². The Labute approximate surface area is 99.8 Å². The lowest BCUT2D eigenvalue weighted by Crippen LogP contribution is -2.16. The van der Waals surface area contributed by atoms with Crippen LogP contribution in [0.15, 0.2) is 22.8 Å². The zero-order valence-electron chi connectivity index (χ0n) is 10.4. The van der Waals surface area contributed by atoms with Crippen molar-refractivity contribution in [3.63, 3.8) is 0 Å². The van der Waals surface area contributed by atoms with Gasteiger partial charge in [-0.05, 0) is 74.9 Å². The Kier molecular flexibility index (Phi) is 3.17. The third-order valence-corrected chi connectivity index (χ3v) is 4.80. The first-order chi connectivity index (χ1) is 7.95. The van der Waals surface area contributed by atoms with Gasteiger partial charge in [-0.15, -0.1) is 0 Å². The van der Waals surface area contributed by atoms with E-state index in [-0.39, 0.29) is 0 Å². The van der Waals surface area contributed by atoms with Crippen molar-refractivity contribution in [3.8, 4) is 0 Å². The van der Waals surface area contributed by atoms with Crippen LogP contribution in [0, 0.1) is 5.92 Å². The van der Waals surface area contributed by atoms with Crippen LogP contribution >= 0.6 is 0 Å². The van der Waals surface area contributed by atoms with Crippen LogP contribution in [-0.4, -0.2) is 0 Å². The molecule has 0 saturated heterocycles. The van der Waals surface area contributed by atoms with Crippen LogP contribution in [0.1, 0.15) is 70.6 Å². The molecule has 0 aromatic heterocycles. The topological polar surface area (TPSA) is 0 Å². The first-order valence-corrected chi connectivity index (χ1v) is 7.36. The van der Waals surface area contributed by atoms with Gasteiger partial charge in [-0.3, -0.25) is 0 Å². The molecule has 3 aliphatic carbocycles. The highest BCUT2D eigenvalue weighted by Gasteiger charge is 2.29. The van der Waals surface area contributed by atoms with Gasteiger partial charge in [0, 0.05) is 0 Å². The third-order valence-electron chi connectivity index (χ3n) is 4.80. The molecule has 0 heteroatoms. The van der Waals surface area contributed by atoms with Gasteiger partial charge in [0.05, 0.1) is 0 Å². The van der Waals surface area contributed by atoms with Crippen molar-refractivity contribution >= 4 is 0 Å². The molecule has 1 atom stereocenters. The average molecular weight is 216 g/mol. The van der Waals surface area contributed by atoms with Gasteiger partial charge in [-0.25, -0.2) is 0 Å². The Morgan fingerprint density at radius 1 is 0.812 bits per heavy atom. The van der Waals surface area contributed by atoms with Gasteiger partial charge in [-0.1, -0.05) is 24.5 Å². The Morgan fingerprint density at radius 3 is 2.62 bits per heavy atom. The van der Waals surface area contributed by atoms with Crippen molar-refractivity contribution in [3.05, 3.63) is 22.8 Å². The monoisotopic (exact) mass is 216 g/mol. The van der Waals surface area contributed by atoms with E-state index >= 15 is 0 Å². The molecule has 0 aromatic carbocycles. The van der Waals surface area contributed by atoms with Gasteiger partial charge in [0.25, 0.3) is 0 Å². The number of fused-ring (bicyclic) bond motifs is 1. The Bertz CT molecular complexity index is 319. The van der Waals surface area contributed by atoms with Gasteiger partial charge < -0.3 is 0 Å². The predicted octanol–water partition coefficient (Wildman–Crippen LogP) is 5.16. The largest absolute Gasteiger partial charge is 0.0810 e. The first-order valence-electron chi connectivity index (χ1n) is 7.36. The van der Waals surface area contributed by atoms with Crippen LogP contribution in [0.4, 0.5) is 0 Å². The Balaban J connectivity index is 1.85. The van der Waals surface area contributed by atoms with Crippen LogP contribution in [0.25, 0.3) is 0 Å². The summed E-state index contributed by atoms with van der Waals surface area (Å²) < 4.78 is 0. The fourth-order valence-corrected chi connectivity index (χ4v) is 3.72.